The number of aliphatic carboxylic acids is 1. The van der Waals surface area contributed by atoms with E-state index >= 15 is 0 Å². The van der Waals surface area contributed by atoms with Crippen LogP contribution in [0.1, 0.15) is 51.9 Å². The summed E-state index contributed by atoms with van der Waals surface area (Å²) in [6, 6.07) is 0. The van der Waals surface area contributed by atoms with Crippen molar-refractivity contribution in [2.45, 2.75) is 51.9 Å². The quantitative estimate of drug-likeness (QED) is 0.634. The zero-order chi connectivity index (χ0) is 15.0. The second-order valence-corrected chi connectivity index (χ2v) is 5.65. The molecular formula is C15H27NO4. The van der Waals surface area contributed by atoms with E-state index in [4.69, 9.17) is 10.2 Å². The van der Waals surface area contributed by atoms with Crippen molar-refractivity contribution in [3.05, 3.63) is 0 Å². The fourth-order valence-corrected chi connectivity index (χ4v) is 2.87. The maximum absolute atomic E-state index is 12.4. The molecule has 1 aliphatic rings. The second kappa shape index (κ2) is 8.95. The van der Waals surface area contributed by atoms with Gasteiger partial charge < -0.3 is 15.1 Å². The van der Waals surface area contributed by atoms with Gasteiger partial charge in [-0.25, -0.2) is 0 Å². The first-order valence-corrected chi connectivity index (χ1v) is 7.72. The highest BCUT2D eigenvalue weighted by Crippen LogP contribution is 2.32. The molecule has 0 aliphatic heterocycles. The Balaban J connectivity index is 2.45. The van der Waals surface area contributed by atoms with E-state index in [0.717, 1.165) is 25.7 Å². The summed E-state index contributed by atoms with van der Waals surface area (Å²) in [6.45, 7) is 3.14. The van der Waals surface area contributed by atoms with Crippen LogP contribution in [0.15, 0.2) is 0 Å². The number of unbranched alkanes of at least 4 members (excludes halogenated alkanes) is 3. The Hall–Kier alpha value is -1.10. The van der Waals surface area contributed by atoms with Crippen LogP contribution in [0.5, 0.6) is 0 Å². The summed E-state index contributed by atoms with van der Waals surface area (Å²) in [5, 5.41) is 18.1. The van der Waals surface area contributed by atoms with Gasteiger partial charge in [-0.2, -0.15) is 0 Å². The number of aliphatic hydroxyl groups excluding tert-OH is 1. The van der Waals surface area contributed by atoms with Crippen LogP contribution in [-0.2, 0) is 9.59 Å². The number of aliphatic hydroxyl groups is 1. The van der Waals surface area contributed by atoms with Gasteiger partial charge in [0, 0.05) is 19.0 Å². The molecule has 0 aromatic rings. The molecule has 20 heavy (non-hydrogen) atoms. The number of nitrogens with zero attached hydrogens (tertiary/aromatic N) is 1. The Morgan fingerprint density at radius 3 is 2.35 bits per heavy atom. The first-order chi connectivity index (χ1) is 9.60. The Morgan fingerprint density at radius 2 is 1.80 bits per heavy atom. The van der Waals surface area contributed by atoms with E-state index in [-0.39, 0.29) is 24.3 Å². The predicted octanol–water partition coefficient (Wildman–Crippen LogP) is 1.89. The number of hydrogen-bond donors (Lipinski definition) is 2. The van der Waals surface area contributed by atoms with Gasteiger partial charge in [-0.3, -0.25) is 9.59 Å². The van der Waals surface area contributed by atoms with Crippen LogP contribution >= 0.6 is 0 Å². The van der Waals surface area contributed by atoms with E-state index < -0.39 is 5.97 Å². The van der Waals surface area contributed by atoms with Crippen LogP contribution in [0.2, 0.25) is 0 Å². The smallest absolute Gasteiger partial charge is 0.306 e. The van der Waals surface area contributed by atoms with Gasteiger partial charge in [-0.15, -0.1) is 0 Å². The van der Waals surface area contributed by atoms with Crippen molar-refractivity contribution in [2.24, 2.45) is 11.8 Å². The van der Waals surface area contributed by atoms with Crippen LogP contribution in [0.4, 0.5) is 0 Å². The van der Waals surface area contributed by atoms with E-state index in [1.54, 1.807) is 4.90 Å². The summed E-state index contributed by atoms with van der Waals surface area (Å²) < 4.78 is 0. The maximum Gasteiger partial charge on any atom is 0.306 e. The fourth-order valence-electron chi connectivity index (χ4n) is 2.87. The molecule has 0 spiro atoms. The lowest BCUT2D eigenvalue weighted by atomic mass is 10.0. The van der Waals surface area contributed by atoms with Crippen molar-refractivity contribution in [1.82, 2.24) is 4.90 Å². The van der Waals surface area contributed by atoms with Gasteiger partial charge in [-0.05, 0) is 25.7 Å². The van der Waals surface area contributed by atoms with Crippen molar-refractivity contribution in [3.8, 4) is 0 Å². The molecule has 0 heterocycles. The first-order valence-electron chi connectivity index (χ1n) is 7.72. The largest absolute Gasteiger partial charge is 0.481 e. The van der Waals surface area contributed by atoms with Gasteiger partial charge in [0.2, 0.25) is 5.91 Å². The van der Waals surface area contributed by atoms with E-state index in [0.29, 0.717) is 32.4 Å². The third-order valence-corrected chi connectivity index (χ3v) is 4.09. The lowest BCUT2D eigenvalue weighted by Crippen LogP contribution is -2.38. The number of carbonyl (C=O) groups excluding carboxylic acids is 1. The molecule has 1 aliphatic carbocycles. The van der Waals surface area contributed by atoms with E-state index in [1.165, 1.54) is 0 Å². The number of carboxylic acid groups (broad SMARTS) is 1. The summed E-state index contributed by atoms with van der Waals surface area (Å²) in [4.78, 5) is 25.0. The minimum absolute atomic E-state index is 0.0271. The molecule has 5 nitrogen and oxygen atoms in total. The zero-order valence-corrected chi connectivity index (χ0v) is 12.4. The highest BCUT2D eigenvalue weighted by molar-refractivity contribution is 5.81. The molecule has 1 rings (SSSR count). The Bertz CT molecular complexity index is 319. The molecule has 1 fully saturated rings. The van der Waals surface area contributed by atoms with Gasteiger partial charge in [0.25, 0.3) is 0 Å². The van der Waals surface area contributed by atoms with E-state index in [9.17, 15) is 9.59 Å². The zero-order valence-electron chi connectivity index (χ0n) is 12.4. The molecule has 0 aromatic carbocycles. The third-order valence-electron chi connectivity index (χ3n) is 4.09. The molecule has 1 saturated carbocycles. The van der Waals surface area contributed by atoms with E-state index in [2.05, 4.69) is 6.92 Å². The predicted molar refractivity (Wildman–Crippen MR) is 76.3 cm³/mol. The van der Waals surface area contributed by atoms with Crippen molar-refractivity contribution in [3.63, 3.8) is 0 Å². The van der Waals surface area contributed by atoms with Gasteiger partial charge in [0.15, 0.2) is 0 Å². The van der Waals surface area contributed by atoms with Gasteiger partial charge in [0.1, 0.15) is 0 Å². The summed E-state index contributed by atoms with van der Waals surface area (Å²) in [7, 11) is 0. The normalized spacial score (nSPS) is 21.9. The molecule has 0 aromatic heterocycles. The number of amides is 1. The Morgan fingerprint density at radius 1 is 1.10 bits per heavy atom. The van der Waals surface area contributed by atoms with Crippen LogP contribution in [0.3, 0.4) is 0 Å². The monoisotopic (exact) mass is 285 g/mol. The lowest BCUT2D eigenvalue weighted by molar-refractivity contribution is -0.141. The summed E-state index contributed by atoms with van der Waals surface area (Å²) in [6.07, 6.45) is 6.05. The van der Waals surface area contributed by atoms with Gasteiger partial charge in [0.05, 0.1) is 12.5 Å². The summed E-state index contributed by atoms with van der Waals surface area (Å²) >= 11 is 0. The summed E-state index contributed by atoms with van der Waals surface area (Å²) in [5.41, 5.74) is 0. The van der Waals surface area contributed by atoms with Crippen molar-refractivity contribution < 1.29 is 19.8 Å². The average molecular weight is 285 g/mol. The molecule has 116 valence electrons. The Labute approximate surface area is 121 Å². The highest BCUT2D eigenvalue weighted by atomic mass is 16.4. The standard InChI is InChI=1S/C15H27NO4/c1-2-3-4-5-8-16(9-10-17)14(18)12-6-7-13(11-12)15(19)20/h12-13,17H,2-11H2,1H3,(H,19,20). The minimum Gasteiger partial charge on any atom is -0.481 e. The van der Waals surface area contributed by atoms with Crippen molar-refractivity contribution in [1.29, 1.82) is 0 Å². The fraction of sp³-hybridized carbons (Fsp3) is 0.867. The molecule has 1 amide bonds. The third kappa shape index (κ3) is 5.12. The van der Waals surface area contributed by atoms with Crippen molar-refractivity contribution >= 4 is 11.9 Å². The lowest BCUT2D eigenvalue weighted by Gasteiger charge is -2.25. The number of rotatable bonds is 9. The van der Waals surface area contributed by atoms with Crippen LogP contribution in [0, 0.1) is 11.8 Å². The topological polar surface area (TPSA) is 77.8 Å². The van der Waals surface area contributed by atoms with Gasteiger partial charge in [-0.1, -0.05) is 26.2 Å². The molecule has 2 N–H and O–H groups in total. The van der Waals surface area contributed by atoms with Crippen LogP contribution < -0.4 is 0 Å². The minimum atomic E-state index is -0.794. The number of hydrogen-bond acceptors (Lipinski definition) is 3. The maximum atomic E-state index is 12.4. The second-order valence-electron chi connectivity index (χ2n) is 5.65. The van der Waals surface area contributed by atoms with Crippen LogP contribution in [0.25, 0.3) is 0 Å². The molecule has 0 radical (unpaired) electrons. The van der Waals surface area contributed by atoms with E-state index in [1.807, 2.05) is 0 Å². The van der Waals surface area contributed by atoms with Crippen molar-refractivity contribution in [2.75, 3.05) is 19.7 Å². The number of carbonyl (C=O) groups is 2. The van der Waals surface area contributed by atoms with Crippen LogP contribution in [-0.4, -0.2) is 46.7 Å². The molecule has 0 saturated heterocycles. The Kier molecular flexibility index (Phi) is 7.59. The van der Waals surface area contributed by atoms with Gasteiger partial charge >= 0.3 is 5.97 Å². The first kappa shape index (κ1) is 17.0. The SMILES string of the molecule is CCCCCCN(CCO)C(=O)C1CCC(C(=O)O)C1. The number of carboxylic acids is 1. The molecule has 2 unspecified atom stereocenters. The average Bonchev–Trinajstić information content (AvgIpc) is 2.91. The molecular weight excluding hydrogens is 258 g/mol. The molecule has 0 bridgehead atoms. The molecule has 2 atom stereocenters. The molecule has 5 heteroatoms. The summed E-state index contributed by atoms with van der Waals surface area (Å²) in [5.74, 6) is -1.31. The highest BCUT2D eigenvalue weighted by Gasteiger charge is 2.35.